The number of halogens is 1. The summed E-state index contributed by atoms with van der Waals surface area (Å²) in [5.41, 5.74) is 4.41. The molecule has 0 aliphatic heterocycles. The lowest BCUT2D eigenvalue weighted by atomic mass is 10.0. The summed E-state index contributed by atoms with van der Waals surface area (Å²) in [7, 11) is 1.27. The summed E-state index contributed by atoms with van der Waals surface area (Å²) in [5, 5.41) is 10.7. The zero-order chi connectivity index (χ0) is 19.9. The SMILES string of the molecule is CC.COC(=O)c1ccc(Cl)c(CC(C)=Nc2c(C)cccc2C)c1O. The molecule has 0 bridgehead atoms. The Labute approximate surface area is 160 Å². The summed E-state index contributed by atoms with van der Waals surface area (Å²) in [4.78, 5) is 16.4. The number of methoxy groups -OCH3 is 1. The zero-order valence-corrected chi connectivity index (χ0v) is 16.9. The number of hydrogen-bond acceptors (Lipinski definition) is 4. The molecule has 0 saturated carbocycles. The highest BCUT2D eigenvalue weighted by molar-refractivity contribution is 6.32. The number of aliphatic imine (C=N–C) groups is 1. The van der Waals surface area contributed by atoms with Crippen molar-refractivity contribution in [2.24, 2.45) is 4.99 Å². The molecule has 0 unspecified atom stereocenters. The van der Waals surface area contributed by atoms with Gasteiger partial charge in [0.05, 0.1) is 12.8 Å². The van der Waals surface area contributed by atoms with Gasteiger partial charge in [-0.1, -0.05) is 43.6 Å². The van der Waals surface area contributed by atoms with E-state index in [1.165, 1.54) is 13.2 Å². The third-order valence-electron chi connectivity index (χ3n) is 3.81. The molecule has 2 aromatic carbocycles. The van der Waals surface area contributed by atoms with E-state index in [2.05, 4.69) is 9.73 Å². The quantitative estimate of drug-likeness (QED) is 0.541. The summed E-state index contributed by atoms with van der Waals surface area (Å²) in [6.45, 7) is 9.87. The van der Waals surface area contributed by atoms with Gasteiger partial charge in [0.25, 0.3) is 0 Å². The number of ether oxygens (including phenoxy) is 1. The van der Waals surface area contributed by atoms with Gasteiger partial charge in [0.2, 0.25) is 0 Å². The minimum absolute atomic E-state index is 0.0942. The van der Waals surface area contributed by atoms with E-state index >= 15 is 0 Å². The van der Waals surface area contributed by atoms with Gasteiger partial charge < -0.3 is 9.84 Å². The van der Waals surface area contributed by atoms with Crippen molar-refractivity contribution in [1.29, 1.82) is 0 Å². The first kappa shape index (κ1) is 21.7. The van der Waals surface area contributed by atoms with Crippen LogP contribution in [-0.4, -0.2) is 23.9 Å². The molecule has 0 spiro atoms. The van der Waals surface area contributed by atoms with Crippen LogP contribution in [0.4, 0.5) is 5.69 Å². The van der Waals surface area contributed by atoms with E-state index in [4.69, 9.17) is 11.6 Å². The predicted octanol–water partition coefficient (Wildman–Crippen LogP) is 5.81. The molecule has 0 saturated heterocycles. The van der Waals surface area contributed by atoms with Gasteiger partial charge in [0.15, 0.2) is 0 Å². The molecule has 1 N–H and O–H groups in total. The standard InChI is InChI=1S/C19H20ClNO3.C2H6/c1-11-6-5-7-12(2)17(11)21-13(3)10-15-16(20)9-8-14(18(15)22)19(23)24-4;1-2/h5-9,22H,10H2,1-4H3;1-2H3. The molecule has 0 fully saturated rings. The Morgan fingerprint density at radius 1 is 1.15 bits per heavy atom. The number of benzene rings is 2. The molecule has 26 heavy (non-hydrogen) atoms. The van der Waals surface area contributed by atoms with E-state index in [0.717, 1.165) is 22.5 Å². The lowest BCUT2D eigenvalue weighted by Gasteiger charge is -2.11. The van der Waals surface area contributed by atoms with Crippen LogP contribution in [0.1, 0.15) is 47.8 Å². The molecule has 140 valence electrons. The van der Waals surface area contributed by atoms with Gasteiger partial charge in [-0.15, -0.1) is 0 Å². The zero-order valence-electron chi connectivity index (χ0n) is 16.2. The van der Waals surface area contributed by atoms with Gasteiger partial charge >= 0.3 is 5.97 Å². The van der Waals surface area contributed by atoms with Crippen molar-refractivity contribution in [3.8, 4) is 5.75 Å². The summed E-state index contributed by atoms with van der Waals surface area (Å²) in [5.74, 6) is -0.764. The van der Waals surface area contributed by atoms with Crippen molar-refractivity contribution in [2.75, 3.05) is 7.11 Å². The van der Waals surface area contributed by atoms with E-state index in [1.807, 2.05) is 52.8 Å². The molecule has 5 heteroatoms. The van der Waals surface area contributed by atoms with Crippen LogP contribution >= 0.6 is 11.6 Å². The minimum atomic E-state index is -0.602. The molecule has 0 atom stereocenters. The van der Waals surface area contributed by atoms with Gasteiger partial charge in [-0.25, -0.2) is 4.79 Å². The predicted molar refractivity (Wildman–Crippen MR) is 108 cm³/mol. The largest absolute Gasteiger partial charge is 0.507 e. The molecule has 0 radical (unpaired) electrons. The number of nitrogens with zero attached hydrogens (tertiary/aromatic N) is 1. The molecule has 2 rings (SSSR count). The molecule has 4 nitrogen and oxygen atoms in total. The Kier molecular flexibility index (Phi) is 8.33. The lowest BCUT2D eigenvalue weighted by Crippen LogP contribution is -2.06. The van der Waals surface area contributed by atoms with Crippen molar-refractivity contribution in [2.45, 2.75) is 41.0 Å². The highest BCUT2D eigenvalue weighted by Gasteiger charge is 2.18. The van der Waals surface area contributed by atoms with Crippen LogP contribution in [0.15, 0.2) is 35.3 Å². The Morgan fingerprint density at radius 2 is 1.73 bits per heavy atom. The maximum absolute atomic E-state index is 11.7. The highest BCUT2D eigenvalue weighted by atomic mass is 35.5. The number of carbonyl (C=O) groups excluding carboxylic acids is 1. The van der Waals surface area contributed by atoms with Crippen LogP contribution in [0, 0.1) is 13.8 Å². The average molecular weight is 376 g/mol. The molecule has 0 amide bonds. The van der Waals surface area contributed by atoms with Crippen LogP contribution in [0.25, 0.3) is 0 Å². The Bertz CT molecular complexity index is 793. The second kappa shape index (κ2) is 9.97. The van der Waals surface area contributed by atoms with Crippen molar-refractivity contribution in [3.63, 3.8) is 0 Å². The molecule has 2 aromatic rings. The van der Waals surface area contributed by atoms with E-state index in [9.17, 15) is 9.90 Å². The van der Waals surface area contributed by atoms with Crippen molar-refractivity contribution in [3.05, 3.63) is 57.6 Å². The Hall–Kier alpha value is -2.33. The number of phenols is 1. The fraction of sp³-hybridized carbons (Fsp3) is 0.333. The fourth-order valence-electron chi connectivity index (χ4n) is 2.52. The number of esters is 1. The van der Waals surface area contributed by atoms with E-state index in [1.54, 1.807) is 6.07 Å². The van der Waals surface area contributed by atoms with E-state index < -0.39 is 5.97 Å². The fourth-order valence-corrected chi connectivity index (χ4v) is 2.74. The molecule has 0 heterocycles. The van der Waals surface area contributed by atoms with Crippen LogP contribution in [0.5, 0.6) is 5.75 Å². The van der Waals surface area contributed by atoms with Gasteiger partial charge in [0, 0.05) is 22.7 Å². The van der Waals surface area contributed by atoms with Gasteiger partial charge in [0.1, 0.15) is 11.3 Å². The summed E-state index contributed by atoms with van der Waals surface area (Å²) >= 11 is 6.19. The van der Waals surface area contributed by atoms with Gasteiger partial charge in [-0.05, 0) is 44.0 Å². The van der Waals surface area contributed by atoms with Crippen molar-refractivity contribution >= 4 is 29.0 Å². The first-order valence-electron chi connectivity index (χ1n) is 8.54. The maximum atomic E-state index is 11.7. The van der Waals surface area contributed by atoms with E-state index in [0.29, 0.717) is 17.0 Å². The van der Waals surface area contributed by atoms with E-state index in [-0.39, 0.29) is 11.3 Å². The number of rotatable bonds is 4. The number of hydrogen-bond donors (Lipinski definition) is 1. The second-order valence-corrected chi connectivity index (χ2v) is 6.09. The van der Waals surface area contributed by atoms with Crippen molar-refractivity contribution in [1.82, 2.24) is 0 Å². The topological polar surface area (TPSA) is 58.9 Å². The molecular formula is C21H26ClNO3. The molecule has 0 aliphatic rings. The van der Waals surface area contributed by atoms with Crippen LogP contribution in [-0.2, 0) is 11.2 Å². The Balaban J connectivity index is 0.00000163. The monoisotopic (exact) mass is 375 g/mol. The van der Waals surface area contributed by atoms with Gasteiger partial charge in [-0.3, -0.25) is 4.99 Å². The number of phenolic OH excluding ortho intramolecular Hbond substituents is 1. The van der Waals surface area contributed by atoms with Crippen molar-refractivity contribution < 1.29 is 14.6 Å². The third kappa shape index (κ3) is 5.09. The molecule has 0 aliphatic carbocycles. The summed E-state index contributed by atoms with van der Waals surface area (Å²) < 4.78 is 4.67. The number of aromatic hydroxyl groups is 1. The normalized spacial score (nSPS) is 10.8. The second-order valence-electron chi connectivity index (χ2n) is 5.68. The van der Waals surface area contributed by atoms with Crippen LogP contribution in [0.3, 0.4) is 0 Å². The minimum Gasteiger partial charge on any atom is -0.507 e. The van der Waals surface area contributed by atoms with Crippen LogP contribution in [0.2, 0.25) is 5.02 Å². The van der Waals surface area contributed by atoms with Crippen LogP contribution < -0.4 is 0 Å². The lowest BCUT2D eigenvalue weighted by molar-refractivity contribution is 0.0597. The maximum Gasteiger partial charge on any atom is 0.341 e. The molecular weight excluding hydrogens is 350 g/mol. The smallest absolute Gasteiger partial charge is 0.341 e. The molecule has 0 aromatic heterocycles. The number of carbonyl (C=O) groups is 1. The Morgan fingerprint density at radius 3 is 2.27 bits per heavy atom. The first-order valence-corrected chi connectivity index (χ1v) is 8.92. The van der Waals surface area contributed by atoms with Gasteiger partial charge in [-0.2, -0.15) is 0 Å². The number of para-hydroxylation sites is 1. The summed E-state index contributed by atoms with van der Waals surface area (Å²) in [6, 6.07) is 9.02. The number of aryl methyl sites for hydroxylation is 2. The first-order chi connectivity index (χ1) is 12.3. The third-order valence-corrected chi connectivity index (χ3v) is 4.16. The highest BCUT2D eigenvalue weighted by Crippen LogP contribution is 2.31. The average Bonchev–Trinajstić information content (AvgIpc) is 2.63. The summed E-state index contributed by atoms with van der Waals surface area (Å²) in [6.07, 6.45) is 0.337.